The lowest BCUT2D eigenvalue weighted by molar-refractivity contribution is -0.144. The molecule has 1 aliphatic rings. The molecule has 1 fully saturated rings. The molecule has 0 aliphatic carbocycles. The minimum Gasteiger partial charge on any atom is -0.481 e. The van der Waals surface area contributed by atoms with Crippen molar-refractivity contribution in [3.05, 3.63) is 0 Å². The van der Waals surface area contributed by atoms with Crippen LogP contribution in [0.5, 0.6) is 0 Å². The minimum atomic E-state index is -0.754. The molecule has 3 unspecified atom stereocenters. The van der Waals surface area contributed by atoms with Crippen molar-refractivity contribution in [3.8, 4) is 0 Å². The Balaban J connectivity index is 2.27. The third-order valence-electron chi connectivity index (χ3n) is 2.63. The van der Waals surface area contributed by atoms with Gasteiger partial charge in [-0.3, -0.25) is 4.79 Å². The second-order valence-electron chi connectivity index (χ2n) is 3.93. The molecule has 1 saturated heterocycles. The number of ether oxygens (including phenoxy) is 2. The van der Waals surface area contributed by atoms with E-state index in [0.29, 0.717) is 19.6 Å². The Hall–Kier alpha value is -0.650. The van der Waals surface area contributed by atoms with Crippen LogP contribution in [0.2, 0.25) is 0 Å². The number of nitrogens with one attached hydrogen (secondary N) is 1. The number of methoxy groups -OCH3 is 1. The smallest absolute Gasteiger partial charge is 0.307 e. The zero-order valence-electron chi connectivity index (χ0n) is 9.23. The van der Waals surface area contributed by atoms with E-state index in [1.807, 2.05) is 6.92 Å². The molecule has 3 atom stereocenters. The van der Waals surface area contributed by atoms with E-state index in [9.17, 15) is 4.79 Å². The predicted octanol–water partition coefficient (Wildman–Crippen LogP) is 0.101. The van der Waals surface area contributed by atoms with Gasteiger partial charge in [0, 0.05) is 20.2 Å². The van der Waals surface area contributed by atoms with Crippen LogP contribution in [-0.4, -0.2) is 50.1 Å². The molecule has 88 valence electrons. The van der Waals surface area contributed by atoms with Gasteiger partial charge in [-0.25, -0.2) is 0 Å². The Morgan fingerprint density at radius 2 is 2.33 bits per heavy atom. The molecule has 2 N–H and O–H groups in total. The van der Waals surface area contributed by atoms with Gasteiger partial charge in [0.25, 0.3) is 0 Å². The van der Waals surface area contributed by atoms with Crippen molar-refractivity contribution in [1.82, 2.24) is 5.32 Å². The zero-order valence-corrected chi connectivity index (χ0v) is 9.23. The summed E-state index contributed by atoms with van der Waals surface area (Å²) in [6.45, 7) is 3.69. The fraction of sp³-hybridized carbons (Fsp3) is 0.900. The predicted molar refractivity (Wildman–Crippen MR) is 54.8 cm³/mol. The van der Waals surface area contributed by atoms with Crippen LogP contribution in [-0.2, 0) is 14.3 Å². The Morgan fingerprint density at radius 3 is 2.93 bits per heavy atom. The van der Waals surface area contributed by atoms with Crippen LogP contribution >= 0.6 is 0 Å². The van der Waals surface area contributed by atoms with Crippen molar-refractivity contribution in [1.29, 1.82) is 0 Å². The van der Waals surface area contributed by atoms with Crippen molar-refractivity contribution in [2.45, 2.75) is 25.6 Å². The molecule has 0 bridgehead atoms. The molecule has 1 aliphatic heterocycles. The lowest BCUT2D eigenvalue weighted by atomic mass is 9.98. The fourth-order valence-corrected chi connectivity index (χ4v) is 1.56. The number of piperidine rings is 1. The van der Waals surface area contributed by atoms with Crippen LogP contribution in [0.3, 0.4) is 0 Å². The summed E-state index contributed by atoms with van der Waals surface area (Å²) in [6.07, 6.45) is 0.617. The van der Waals surface area contributed by atoms with Gasteiger partial charge in [0.05, 0.1) is 24.7 Å². The summed E-state index contributed by atoms with van der Waals surface area (Å²) in [5, 5.41) is 11.9. The molecule has 1 heterocycles. The molecule has 0 amide bonds. The van der Waals surface area contributed by atoms with Crippen molar-refractivity contribution >= 4 is 5.97 Å². The summed E-state index contributed by atoms with van der Waals surface area (Å²) in [6, 6.07) is 0. The van der Waals surface area contributed by atoms with E-state index in [1.165, 1.54) is 0 Å². The third-order valence-corrected chi connectivity index (χ3v) is 2.63. The molecule has 15 heavy (non-hydrogen) atoms. The number of hydrogen-bond acceptors (Lipinski definition) is 4. The van der Waals surface area contributed by atoms with E-state index < -0.39 is 5.97 Å². The molecule has 5 heteroatoms. The van der Waals surface area contributed by atoms with E-state index in [2.05, 4.69) is 5.32 Å². The summed E-state index contributed by atoms with van der Waals surface area (Å²) in [4.78, 5) is 10.8. The number of carboxylic acid groups (broad SMARTS) is 1. The highest BCUT2D eigenvalue weighted by molar-refractivity contribution is 5.70. The molecular weight excluding hydrogens is 198 g/mol. The first-order chi connectivity index (χ1) is 7.13. The van der Waals surface area contributed by atoms with Crippen LogP contribution in [0.15, 0.2) is 0 Å². The lowest BCUT2D eigenvalue weighted by Crippen LogP contribution is -2.44. The van der Waals surface area contributed by atoms with Crippen LogP contribution < -0.4 is 5.32 Å². The quantitative estimate of drug-likeness (QED) is 0.683. The zero-order chi connectivity index (χ0) is 11.3. The number of aliphatic carboxylic acids is 1. The molecule has 1 rings (SSSR count). The number of hydrogen-bond donors (Lipinski definition) is 2. The van der Waals surface area contributed by atoms with Crippen LogP contribution in [0.25, 0.3) is 0 Å². The van der Waals surface area contributed by atoms with Gasteiger partial charge < -0.3 is 19.9 Å². The minimum absolute atomic E-state index is 0.0163. The standard InChI is InChI=1S/C10H19NO4/c1-7(14-2)6-15-9-3-8(10(12)13)4-11-5-9/h7-9,11H,3-6H2,1-2H3,(H,12,13). The lowest BCUT2D eigenvalue weighted by Gasteiger charge is -2.28. The van der Waals surface area contributed by atoms with E-state index >= 15 is 0 Å². The summed E-state index contributed by atoms with van der Waals surface area (Å²) in [5.41, 5.74) is 0. The summed E-state index contributed by atoms with van der Waals surface area (Å²) in [7, 11) is 1.63. The largest absolute Gasteiger partial charge is 0.481 e. The maximum Gasteiger partial charge on any atom is 0.307 e. The second-order valence-corrected chi connectivity index (χ2v) is 3.93. The normalized spacial score (nSPS) is 28.7. The van der Waals surface area contributed by atoms with Gasteiger partial charge in [-0.15, -0.1) is 0 Å². The van der Waals surface area contributed by atoms with Gasteiger partial charge in [0.2, 0.25) is 0 Å². The highest BCUT2D eigenvalue weighted by atomic mass is 16.5. The van der Waals surface area contributed by atoms with Gasteiger partial charge in [0.1, 0.15) is 0 Å². The summed E-state index contributed by atoms with van der Waals surface area (Å²) < 4.78 is 10.6. The Labute approximate surface area is 89.8 Å². The summed E-state index contributed by atoms with van der Waals surface area (Å²) in [5.74, 6) is -1.09. The van der Waals surface area contributed by atoms with Crippen molar-refractivity contribution < 1.29 is 19.4 Å². The number of carbonyl (C=O) groups is 1. The first kappa shape index (κ1) is 12.4. The highest BCUT2D eigenvalue weighted by Crippen LogP contribution is 2.14. The third kappa shape index (κ3) is 4.15. The fourth-order valence-electron chi connectivity index (χ4n) is 1.56. The van der Waals surface area contributed by atoms with Gasteiger partial charge in [0.15, 0.2) is 0 Å². The molecule has 0 aromatic rings. The van der Waals surface area contributed by atoms with Crippen LogP contribution in [0, 0.1) is 5.92 Å². The molecule has 0 aromatic heterocycles. The van der Waals surface area contributed by atoms with Crippen LogP contribution in [0.4, 0.5) is 0 Å². The highest BCUT2D eigenvalue weighted by Gasteiger charge is 2.27. The van der Waals surface area contributed by atoms with E-state index in [0.717, 1.165) is 6.54 Å². The Bertz CT molecular complexity index is 210. The van der Waals surface area contributed by atoms with Gasteiger partial charge in [-0.1, -0.05) is 0 Å². The molecular formula is C10H19NO4. The summed E-state index contributed by atoms with van der Waals surface area (Å²) >= 11 is 0. The molecule has 0 radical (unpaired) electrons. The van der Waals surface area contributed by atoms with Gasteiger partial charge in [-0.2, -0.15) is 0 Å². The maximum absolute atomic E-state index is 10.8. The Morgan fingerprint density at radius 1 is 1.60 bits per heavy atom. The molecule has 5 nitrogen and oxygen atoms in total. The van der Waals surface area contributed by atoms with Gasteiger partial charge >= 0.3 is 5.97 Å². The van der Waals surface area contributed by atoms with Crippen LogP contribution in [0.1, 0.15) is 13.3 Å². The Kier molecular flexibility index (Phi) is 5.01. The first-order valence-corrected chi connectivity index (χ1v) is 5.21. The topological polar surface area (TPSA) is 67.8 Å². The number of rotatable bonds is 5. The van der Waals surface area contributed by atoms with E-state index in [4.69, 9.17) is 14.6 Å². The van der Waals surface area contributed by atoms with E-state index in [1.54, 1.807) is 7.11 Å². The van der Waals surface area contributed by atoms with E-state index in [-0.39, 0.29) is 18.1 Å². The monoisotopic (exact) mass is 217 g/mol. The van der Waals surface area contributed by atoms with Crippen molar-refractivity contribution in [2.75, 3.05) is 26.8 Å². The van der Waals surface area contributed by atoms with Gasteiger partial charge in [-0.05, 0) is 13.3 Å². The SMILES string of the molecule is COC(C)COC1CNCC(C(=O)O)C1. The molecule has 0 aromatic carbocycles. The maximum atomic E-state index is 10.8. The second kappa shape index (κ2) is 6.05. The molecule has 0 spiro atoms. The number of carboxylic acids is 1. The van der Waals surface area contributed by atoms with Crippen molar-refractivity contribution in [3.63, 3.8) is 0 Å². The average molecular weight is 217 g/mol. The first-order valence-electron chi connectivity index (χ1n) is 5.21. The average Bonchev–Trinajstić information content (AvgIpc) is 2.26. The van der Waals surface area contributed by atoms with Crippen molar-refractivity contribution in [2.24, 2.45) is 5.92 Å². The molecule has 0 saturated carbocycles.